The average Bonchev–Trinajstić information content (AvgIpc) is 3.40. The van der Waals surface area contributed by atoms with E-state index >= 15 is 0 Å². The summed E-state index contributed by atoms with van der Waals surface area (Å²) >= 11 is 0. The van der Waals surface area contributed by atoms with Crippen LogP contribution in [0.3, 0.4) is 0 Å². The summed E-state index contributed by atoms with van der Waals surface area (Å²) in [6.45, 7) is 7.00. The monoisotopic (exact) mass is 1120 g/mol. The Bertz CT molecular complexity index is 1520. The van der Waals surface area contributed by atoms with Crippen molar-refractivity contribution in [3.05, 3.63) is 60.8 Å². The van der Waals surface area contributed by atoms with Gasteiger partial charge in [0, 0.05) is 12.8 Å². The maximum absolute atomic E-state index is 13.6. The summed E-state index contributed by atoms with van der Waals surface area (Å²) in [7, 11) is 1.49. The minimum absolute atomic E-state index is 0.0362. The third-order valence-corrected chi connectivity index (χ3v) is 15.7. The number of allylic oxidation sites excluding steroid dienone is 9. The smallest absolute Gasteiger partial charge is 0.456 e. The molecule has 10 heteroatoms. The van der Waals surface area contributed by atoms with Crippen molar-refractivity contribution in [3.63, 3.8) is 0 Å². The van der Waals surface area contributed by atoms with Gasteiger partial charge in [0.15, 0.2) is 0 Å². The summed E-state index contributed by atoms with van der Waals surface area (Å²) in [4.78, 5) is 37.8. The van der Waals surface area contributed by atoms with Crippen LogP contribution in [-0.2, 0) is 27.9 Å². The summed E-state index contributed by atoms with van der Waals surface area (Å²) in [5.41, 5.74) is 0. The molecule has 0 radical (unpaired) electrons. The van der Waals surface area contributed by atoms with Crippen molar-refractivity contribution in [2.45, 2.75) is 322 Å². The molecule has 0 spiro atoms. The first-order chi connectivity index (χ1) is 37.9. The van der Waals surface area contributed by atoms with Gasteiger partial charge in [0.25, 0.3) is 0 Å². The minimum atomic E-state index is -4.46. The normalized spacial score (nSPS) is 14.0. The summed E-state index contributed by atoms with van der Waals surface area (Å²) < 4.78 is 30.7. The molecule has 0 saturated carbocycles. The molecule has 0 aromatic carbocycles. The Morgan fingerprint density at radius 2 is 0.782 bits per heavy atom. The standard InChI is InChI=1S/C68H127N2O7P/c1-7-10-13-16-19-22-25-28-30-32-34-35-37-38-40-42-45-48-51-54-57-60-67(71)69-65(64-76-78(73,74)75-63-62-70(4,5)6)66(59-56-53-50-47-44-27-24-21-18-15-12-9-3)77-68(72)61-58-55-52-49-46-43-41-39-36-33-31-29-26-23-20-17-14-11-8-2/h19,22,28,30,34-35,38,40,56,59,65-66H,7-18,20-21,23-27,29,31-33,36-37,39,41-55,57-58,60-64H2,1-6H3,(H-,69,71,73,74)/p+1/b22-19-,30-28-,35-34-,40-38-,59-56+. The highest BCUT2D eigenvalue weighted by Gasteiger charge is 2.30. The number of hydrogen-bond acceptors (Lipinski definition) is 6. The van der Waals surface area contributed by atoms with E-state index in [0.717, 1.165) is 96.3 Å². The molecule has 0 aromatic rings. The van der Waals surface area contributed by atoms with Crippen molar-refractivity contribution in [1.82, 2.24) is 5.32 Å². The molecule has 3 atom stereocenters. The number of quaternary nitrogens is 1. The van der Waals surface area contributed by atoms with Crippen LogP contribution in [0.2, 0.25) is 0 Å². The summed E-state index contributed by atoms with van der Waals surface area (Å²) in [5.74, 6) is -0.515. The summed E-state index contributed by atoms with van der Waals surface area (Å²) in [6, 6.07) is -0.858. The van der Waals surface area contributed by atoms with Gasteiger partial charge >= 0.3 is 13.8 Å². The van der Waals surface area contributed by atoms with Crippen molar-refractivity contribution >= 4 is 19.7 Å². The molecule has 0 heterocycles. The van der Waals surface area contributed by atoms with E-state index in [1.165, 1.54) is 180 Å². The quantitative estimate of drug-likeness (QED) is 0.0205. The van der Waals surface area contributed by atoms with Gasteiger partial charge in [-0.05, 0) is 76.7 Å². The highest BCUT2D eigenvalue weighted by atomic mass is 31.2. The zero-order chi connectivity index (χ0) is 57.2. The molecule has 0 aromatic heterocycles. The van der Waals surface area contributed by atoms with E-state index in [0.29, 0.717) is 17.4 Å². The number of phosphoric ester groups is 1. The number of carbonyl (C=O) groups is 2. The van der Waals surface area contributed by atoms with Crippen molar-refractivity contribution in [1.29, 1.82) is 0 Å². The predicted octanol–water partition coefficient (Wildman–Crippen LogP) is 20.6. The molecule has 0 bridgehead atoms. The zero-order valence-corrected chi connectivity index (χ0v) is 53.1. The third kappa shape index (κ3) is 58.4. The Morgan fingerprint density at radius 1 is 0.449 bits per heavy atom. The number of rotatable bonds is 60. The van der Waals surface area contributed by atoms with Crippen LogP contribution < -0.4 is 5.32 Å². The Morgan fingerprint density at radius 3 is 1.19 bits per heavy atom. The van der Waals surface area contributed by atoms with Gasteiger partial charge < -0.3 is 19.4 Å². The van der Waals surface area contributed by atoms with Crippen LogP contribution in [0.1, 0.15) is 310 Å². The molecule has 0 aliphatic carbocycles. The fraction of sp³-hybridized carbons (Fsp3) is 0.824. The average molecular weight is 1120 g/mol. The predicted molar refractivity (Wildman–Crippen MR) is 337 cm³/mol. The van der Waals surface area contributed by atoms with Crippen LogP contribution >= 0.6 is 7.82 Å². The molecule has 78 heavy (non-hydrogen) atoms. The molecule has 1 amide bonds. The second-order valence-corrected chi connectivity index (χ2v) is 25.1. The van der Waals surface area contributed by atoms with Gasteiger partial charge in [-0.3, -0.25) is 18.6 Å². The molecular formula is C68H128N2O7P+. The molecule has 456 valence electrons. The van der Waals surface area contributed by atoms with E-state index in [2.05, 4.69) is 74.7 Å². The van der Waals surface area contributed by atoms with E-state index in [-0.39, 0.29) is 31.5 Å². The lowest BCUT2D eigenvalue weighted by atomic mass is 10.0. The maximum Gasteiger partial charge on any atom is 0.472 e. The van der Waals surface area contributed by atoms with E-state index in [1.54, 1.807) is 0 Å². The number of nitrogens with zero attached hydrogens (tertiary/aromatic N) is 1. The first kappa shape index (κ1) is 75.7. The topological polar surface area (TPSA) is 111 Å². The van der Waals surface area contributed by atoms with Crippen molar-refractivity contribution in [2.24, 2.45) is 0 Å². The number of carbonyl (C=O) groups excluding carboxylic acids is 2. The van der Waals surface area contributed by atoms with Crippen LogP contribution in [0.4, 0.5) is 0 Å². The number of nitrogens with one attached hydrogen (secondary N) is 1. The fourth-order valence-corrected chi connectivity index (χ4v) is 10.3. The van der Waals surface area contributed by atoms with Crippen LogP contribution in [0.25, 0.3) is 0 Å². The number of unbranched alkanes of at least 4 members (excludes halogenated alkanes) is 36. The van der Waals surface area contributed by atoms with Gasteiger partial charge in [-0.2, -0.15) is 0 Å². The lowest BCUT2D eigenvalue weighted by molar-refractivity contribution is -0.870. The van der Waals surface area contributed by atoms with Crippen LogP contribution in [0, 0.1) is 0 Å². The first-order valence-electron chi connectivity index (χ1n) is 33.1. The van der Waals surface area contributed by atoms with Gasteiger partial charge in [-0.1, -0.05) is 281 Å². The summed E-state index contributed by atoms with van der Waals surface area (Å²) in [5, 5.41) is 3.06. The lowest BCUT2D eigenvalue weighted by Gasteiger charge is -2.27. The van der Waals surface area contributed by atoms with Crippen LogP contribution in [-0.4, -0.2) is 74.3 Å². The van der Waals surface area contributed by atoms with Gasteiger partial charge in [-0.25, -0.2) is 4.57 Å². The van der Waals surface area contributed by atoms with E-state index in [4.69, 9.17) is 13.8 Å². The van der Waals surface area contributed by atoms with Crippen molar-refractivity contribution < 1.29 is 37.3 Å². The molecule has 0 rings (SSSR count). The Balaban J connectivity index is 5.21. The van der Waals surface area contributed by atoms with Crippen LogP contribution in [0.5, 0.6) is 0 Å². The number of amides is 1. The zero-order valence-electron chi connectivity index (χ0n) is 52.2. The van der Waals surface area contributed by atoms with Gasteiger partial charge in [-0.15, -0.1) is 0 Å². The second-order valence-electron chi connectivity index (χ2n) is 23.6. The summed E-state index contributed by atoms with van der Waals surface area (Å²) in [6.07, 6.45) is 73.6. The Kier molecular flexibility index (Phi) is 56.2. The van der Waals surface area contributed by atoms with E-state index in [1.807, 2.05) is 33.3 Å². The van der Waals surface area contributed by atoms with Gasteiger partial charge in [0.05, 0.1) is 33.8 Å². The molecule has 0 aliphatic rings. The lowest BCUT2D eigenvalue weighted by Crippen LogP contribution is -2.47. The third-order valence-electron chi connectivity index (χ3n) is 14.7. The Labute approximate surface area is 483 Å². The highest BCUT2D eigenvalue weighted by Crippen LogP contribution is 2.43. The van der Waals surface area contributed by atoms with Gasteiger partial charge in [0.1, 0.15) is 19.3 Å². The van der Waals surface area contributed by atoms with Crippen molar-refractivity contribution in [3.8, 4) is 0 Å². The van der Waals surface area contributed by atoms with Crippen molar-refractivity contribution in [2.75, 3.05) is 40.9 Å². The number of ether oxygens (including phenoxy) is 1. The highest BCUT2D eigenvalue weighted by molar-refractivity contribution is 7.47. The molecule has 0 saturated heterocycles. The molecule has 0 fully saturated rings. The maximum atomic E-state index is 13.6. The SMILES string of the molecule is CCCCC/C=C\C/C=C\C/C=C\C/C=C\CCCCCCCC(=O)NC(COP(=O)(O)OCC[N+](C)(C)C)C(/C=C/CCCCCCCCCCCC)OC(=O)CCCCCCCCCCCCCCCCCCCCC. The minimum Gasteiger partial charge on any atom is -0.456 e. The Hall–Kier alpha value is -2.29. The molecule has 9 nitrogen and oxygen atoms in total. The fourth-order valence-electron chi connectivity index (χ4n) is 9.57. The molecular weight excluding hydrogens is 988 g/mol. The first-order valence-corrected chi connectivity index (χ1v) is 34.6. The number of esters is 1. The van der Waals surface area contributed by atoms with E-state index < -0.39 is 20.0 Å². The largest absolute Gasteiger partial charge is 0.472 e. The van der Waals surface area contributed by atoms with Gasteiger partial charge in [0.2, 0.25) is 5.91 Å². The number of likely N-dealkylation sites (N-methyl/N-ethyl adjacent to an activating group) is 1. The van der Waals surface area contributed by atoms with Crippen LogP contribution in [0.15, 0.2) is 60.8 Å². The molecule has 2 N–H and O–H groups in total. The van der Waals surface area contributed by atoms with E-state index in [9.17, 15) is 19.0 Å². The second kappa shape index (κ2) is 57.9. The molecule has 3 unspecified atom stereocenters. The molecule has 0 aliphatic heterocycles. The number of phosphoric acid groups is 1. The number of hydrogen-bond donors (Lipinski definition) is 2.